The van der Waals surface area contributed by atoms with Gasteiger partial charge in [0.25, 0.3) is 0 Å². The van der Waals surface area contributed by atoms with Crippen molar-refractivity contribution >= 4 is 11.6 Å². The lowest BCUT2D eigenvalue weighted by Gasteiger charge is -2.05. The van der Waals surface area contributed by atoms with Crippen LogP contribution in [0.15, 0.2) is 36.5 Å². The standard InChI is InChI=1S/C14H9N3O4/c18-14(19)9-6-13-15-4-3-10(17(13)16-9)8-1-2-11-12(5-8)21-7-20-11/h1-6H,7H2,(H,18,19). The average Bonchev–Trinajstić information content (AvgIpc) is 3.12. The molecule has 0 unspecified atom stereocenters. The third kappa shape index (κ3) is 1.78. The monoisotopic (exact) mass is 283 g/mol. The highest BCUT2D eigenvalue weighted by Gasteiger charge is 2.17. The van der Waals surface area contributed by atoms with Crippen molar-refractivity contribution in [2.75, 3.05) is 6.79 Å². The van der Waals surface area contributed by atoms with Crippen LogP contribution in [0.1, 0.15) is 10.5 Å². The molecule has 0 fully saturated rings. The zero-order valence-electron chi connectivity index (χ0n) is 10.7. The lowest BCUT2D eigenvalue weighted by atomic mass is 10.1. The number of rotatable bonds is 2. The van der Waals surface area contributed by atoms with Gasteiger partial charge in [0.05, 0.1) is 5.69 Å². The third-order valence-electron chi connectivity index (χ3n) is 3.25. The Morgan fingerprint density at radius 2 is 2.05 bits per heavy atom. The Morgan fingerprint density at radius 1 is 1.19 bits per heavy atom. The number of benzene rings is 1. The van der Waals surface area contributed by atoms with E-state index in [0.29, 0.717) is 17.1 Å². The number of ether oxygens (including phenoxy) is 2. The molecule has 0 bridgehead atoms. The number of carboxylic acid groups (broad SMARTS) is 1. The van der Waals surface area contributed by atoms with Crippen LogP contribution in [0.2, 0.25) is 0 Å². The highest BCUT2D eigenvalue weighted by molar-refractivity contribution is 5.87. The molecule has 0 saturated carbocycles. The molecular formula is C14H9N3O4. The van der Waals surface area contributed by atoms with Gasteiger partial charge in [-0.05, 0) is 24.3 Å². The first-order valence-electron chi connectivity index (χ1n) is 6.20. The summed E-state index contributed by atoms with van der Waals surface area (Å²) in [6.07, 6.45) is 1.61. The van der Waals surface area contributed by atoms with Crippen LogP contribution >= 0.6 is 0 Å². The smallest absolute Gasteiger partial charge is 0.356 e. The number of aromatic carboxylic acids is 1. The topological polar surface area (TPSA) is 86.0 Å². The lowest BCUT2D eigenvalue weighted by Crippen LogP contribution is -1.99. The van der Waals surface area contributed by atoms with E-state index in [-0.39, 0.29) is 12.5 Å². The molecule has 4 rings (SSSR count). The fourth-order valence-electron chi connectivity index (χ4n) is 2.27. The Bertz CT molecular complexity index is 872. The summed E-state index contributed by atoms with van der Waals surface area (Å²) in [5.41, 5.74) is 2.00. The maximum atomic E-state index is 11.0. The van der Waals surface area contributed by atoms with E-state index in [4.69, 9.17) is 14.6 Å². The van der Waals surface area contributed by atoms with Crippen molar-refractivity contribution < 1.29 is 19.4 Å². The predicted octanol–water partition coefficient (Wildman–Crippen LogP) is 1.82. The molecule has 1 aliphatic rings. The summed E-state index contributed by atoms with van der Waals surface area (Å²) >= 11 is 0. The number of hydrogen-bond donors (Lipinski definition) is 1. The van der Waals surface area contributed by atoms with Gasteiger partial charge in [0, 0.05) is 17.8 Å². The summed E-state index contributed by atoms with van der Waals surface area (Å²) in [6, 6.07) is 8.71. The Morgan fingerprint density at radius 3 is 2.90 bits per heavy atom. The Kier molecular flexibility index (Phi) is 2.34. The van der Waals surface area contributed by atoms with E-state index in [1.807, 2.05) is 18.2 Å². The predicted molar refractivity (Wildman–Crippen MR) is 71.5 cm³/mol. The van der Waals surface area contributed by atoms with E-state index in [9.17, 15) is 4.79 Å². The second kappa shape index (κ2) is 4.20. The highest BCUT2D eigenvalue weighted by atomic mass is 16.7. The van der Waals surface area contributed by atoms with E-state index < -0.39 is 5.97 Å². The van der Waals surface area contributed by atoms with Gasteiger partial charge in [0.15, 0.2) is 22.8 Å². The van der Waals surface area contributed by atoms with Crippen molar-refractivity contribution in [2.24, 2.45) is 0 Å². The van der Waals surface area contributed by atoms with Gasteiger partial charge in [-0.2, -0.15) is 5.10 Å². The fourth-order valence-corrected chi connectivity index (χ4v) is 2.27. The van der Waals surface area contributed by atoms with E-state index in [2.05, 4.69) is 10.1 Å². The molecule has 1 aromatic carbocycles. The average molecular weight is 283 g/mol. The van der Waals surface area contributed by atoms with Gasteiger partial charge in [-0.3, -0.25) is 0 Å². The second-order valence-corrected chi connectivity index (χ2v) is 4.50. The molecule has 1 aliphatic heterocycles. The zero-order chi connectivity index (χ0) is 14.4. The molecule has 0 saturated heterocycles. The van der Waals surface area contributed by atoms with Crippen LogP contribution in [0.5, 0.6) is 11.5 Å². The molecule has 0 atom stereocenters. The highest BCUT2D eigenvalue weighted by Crippen LogP contribution is 2.35. The Hall–Kier alpha value is -3.09. The SMILES string of the molecule is O=C(O)c1cc2nccc(-c3ccc4c(c3)OCO4)n2n1. The van der Waals surface area contributed by atoms with Gasteiger partial charge in [0.2, 0.25) is 6.79 Å². The fraction of sp³-hybridized carbons (Fsp3) is 0.0714. The molecule has 2 aromatic heterocycles. The van der Waals surface area contributed by atoms with Crippen molar-refractivity contribution in [2.45, 2.75) is 0 Å². The number of fused-ring (bicyclic) bond motifs is 2. The van der Waals surface area contributed by atoms with Crippen molar-refractivity contribution in [1.29, 1.82) is 0 Å². The molecule has 104 valence electrons. The summed E-state index contributed by atoms with van der Waals surface area (Å²) in [6.45, 7) is 0.204. The largest absolute Gasteiger partial charge is 0.476 e. The van der Waals surface area contributed by atoms with E-state index >= 15 is 0 Å². The van der Waals surface area contributed by atoms with Gasteiger partial charge in [-0.25, -0.2) is 14.3 Å². The van der Waals surface area contributed by atoms with Crippen molar-refractivity contribution in [3.05, 3.63) is 42.2 Å². The summed E-state index contributed by atoms with van der Waals surface area (Å²) in [5.74, 6) is 0.260. The molecule has 0 aliphatic carbocycles. The van der Waals surface area contributed by atoms with Gasteiger partial charge in [-0.15, -0.1) is 0 Å². The number of hydrogen-bond acceptors (Lipinski definition) is 5. The molecule has 0 radical (unpaired) electrons. The van der Waals surface area contributed by atoms with Gasteiger partial charge >= 0.3 is 5.97 Å². The lowest BCUT2D eigenvalue weighted by molar-refractivity contribution is 0.0690. The second-order valence-electron chi connectivity index (χ2n) is 4.50. The third-order valence-corrected chi connectivity index (χ3v) is 3.25. The summed E-state index contributed by atoms with van der Waals surface area (Å²) in [7, 11) is 0. The quantitative estimate of drug-likeness (QED) is 0.772. The molecule has 3 aromatic rings. The molecule has 3 heterocycles. The first kappa shape index (κ1) is 11.7. The molecule has 0 spiro atoms. The van der Waals surface area contributed by atoms with Crippen LogP contribution < -0.4 is 9.47 Å². The van der Waals surface area contributed by atoms with E-state index in [1.165, 1.54) is 10.6 Å². The zero-order valence-corrected chi connectivity index (χ0v) is 10.7. The maximum absolute atomic E-state index is 11.0. The minimum Gasteiger partial charge on any atom is -0.476 e. The minimum atomic E-state index is -1.09. The number of aromatic nitrogens is 3. The van der Waals surface area contributed by atoms with Gasteiger partial charge < -0.3 is 14.6 Å². The first-order chi connectivity index (χ1) is 10.2. The van der Waals surface area contributed by atoms with Crippen LogP contribution in [-0.2, 0) is 0 Å². The van der Waals surface area contributed by atoms with Crippen molar-refractivity contribution in [3.8, 4) is 22.8 Å². The summed E-state index contributed by atoms with van der Waals surface area (Å²) < 4.78 is 12.1. The molecular weight excluding hydrogens is 274 g/mol. The van der Waals surface area contributed by atoms with Gasteiger partial charge in [0.1, 0.15) is 0 Å². The Balaban J connectivity index is 1.91. The van der Waals surface area contributed by atoms with Crippen LogP contribution in [0.4, 0.5) is 0 Å². The Labute approximate surface area is 118 Å². The van der Waals surface area contributed by atoms with Crippen molar-refractivity contribution in [1.82, 2.24) is 14.6 Å². The number of carboxylic acids is 1. The van der Waals surface area contributed by atoms with E-state index in [0.717, 1.165) is 11.3 Å². The molecule has 0 amide bonds. The number of carbonyl (C=O) groups is 1. The summed E-state index contributed by atoms with van der Waals surface area (Å²) in [5, 5.41) is 13.1. The maximum Gasteiger partial charge on any atom is 0.356 e. The molecule has 1 N–H and O–H groups in total. The van der Waals surface area contributed by atoms with Gasteiger partial charge in [-0.1, -0.05) is 0 Å². The number of nitrogens with zero attached hydrogens (tertiary/aromatic N) is 3. The normalized spacial score (nSPS) is 12.8. The van der Waals surface area contributed by atoms with E-state index in [1.54, 1.807) is 12.3 Å². The first-order valence-corrected chi connectivity index (χ1v) is 6.20. The minimum absolute atomic E-state index is 0.0457. The molecule has 7 heteroatoms. The molecule has 21 heavy (non-hydrogen) atoms. The van der Waals surface area contributed by atoms with Crippen LogP contribution in [-0.4, -0.2) is 32.5 Å². The summed E-state index contributed by atoms with van der Waals surface area (Å²) in [4.78, 5) is 15.2. The van der Waals surface area contributed by atoms with Crippen LogP contribution in [0.25, 0.3) is 16.9 Å². The van der Waals surface area contributed by atoms with Crippen molar-refractivity contribution in [3.63, 3.8) is 0 Å². The van der Waals surface area contributed by atoms with Crippen LogP contribution in [0.3, 0.4) is 0 Å². The van der Waals surface area contributed by atoms with Crippen LogP contribution in [0, 0.1) is 0 Å². The molecule has 7 nitrogen and oxygen atoms in total.